The predicted octanol–water partition coefficient (Wildman–Crippen LogP) is 6.66. The molecule has 5 heteroatoms. The van der Waals surface area contributed by atoms with Crippen molar-refractivity contribution in [1.29, 1.82) is 5.41 Å². The molecule has 3 N–H and O–H groups in total. The Morgan fingerprint density at radius 1 is 0.886 bits per heavy atom. The number of unbranched alkanes of at least 4 members (excludes halogenated alkanes) is 4. The van der Waals surface area contributed by atoms with E-state index < -0.39 is 5.41 Å². The minimum Gasteiger partial charge on any atom is -0.387 e. The highest BCUT2D eigenvalue weighted by molar-refractivity contribution is 6.09. The lowest BCUT2D eigenvalue weighted by atomic mass is 9.50. The summed E-state index contributed by atoms with van der Waals surface area (Å²) in [4.78, 5) is 12.5. The standard InChI is InChI=1S/C30H44N2O2.ClH/c31-28(32)30(11-12-30)27(33)17-23-9-7-22(8-10-23)6-4-2-1-3-5-13-34-21-29-18-24-14-25(19-29)16-26(15-24)20-29;/h7-10,24-26H,1-6,11-21H2,(H3,31,32);1H. The summed E-state index contributed by atoms with van der Waals surface area (Å²) in [7, 11) is 0. The first-order valence-corrected chi connectivity index (χ1v) is 14.0. The normalized spacial score (nSPS) is 29.5. The van der Waals surface area contributed by atoms with E-state index in [-0.39, 0.29) is 24.0 Å². The smallest absolute Gasteiger partial charge is 0.150 e. The van der Waals surface area contributed by atoms with Gasteiger partial charge in [0.1, 0.15) is 5.84 Å². The summed E-state index contributed by atoms with van der Waals surface area (Å²) in [6.07, 6.45) is 18.2. The van der Waals surface area contributed by atoms with Gasteiger partial charge >= 0.3 is 0 Å². The zero-order chi connectivity index (χ0) is 23.6. The molecule has 0 aliphatic heterocycles. The molecule has 0 unspecified atom stereocenters. The SMILES string of the molecule is Cl.N=C(N)C1(C(=O)Cc2ccc(CCCCCCCOCC34CC5CC(CC(C5)C3)C4)cc2)CC1. The van der Waals surface area contributed by atoms with Crippen LogP contribution in [0.1, 0.15) is 94.6 Å². The number of nitrogens with one attached hydrogen (secondary N) is 1. The molecule has 194 valence electrons. The van der Waals surface area contributed by atoms with Crippen molar-refractivity contribution in [3.05, 3.63) is 35.4 Å². The van der Waals surface area contributed by atoms with Crippen LogP contribution in [0.15, 0.2) is 24.3 Å². The molecule has 6 rings (SSSR count). The summed E-state index contributed by atoms with van der Waals surface area (Å²) in [6, 6.07) is 8.47. The van der Waals surface area contributed by atoms with Gasteiger partial charge in [0, 0.05) is 13.0 Å². The van der Waals surface area contributed by atoms with Crippen LogP contribution in [0.4, 0.5) is 0 Å². The van der Waals surface area contributed by atoms with E-state index in [2.05, 4.69) is 24.3 Å². The van der Waals surface area contributed by atoms with Crippen molar-refractivity contribution < 1.29 is 9.53 Å². The predicted molar refractivity (Wildman–Crippen MR) is 144 cm³/mol. The van der Waals surface area contributed by atoms with Crippen LogP contribution in [0.3, 0.4) is 0 Å². The molecular weight excluding hydrogens is 456 g/mol. The van der Waals surface area contributed by atoms with Gasteiger partial charge in [-0.25, -0.2) is 0 Å². The molecule has 0 radical (unpaired) electrons. The molecule has 5 saturated carbocycles. The summed E-state index contributed by atoms with van der Waals surface area (Å²) in [6.45, 7) is 1.99. The summed E-state index contributed by atoms with van der Waals surface area (Å²) in [5.74, 6) is 3.22. The summed E-state index contributed by atoms with van der Waals surface area (Å²) in [5, 5.41) is 7.67. The van der Waals surface area contributed by atoms with Crippen molar-refractivity contribution in [3.63, 3.8) is 0 Å². The van der Waals surface area contributed by atoms with Gasteiger partial charge in [-0.3, -0.25) is 10.2 Å². The Labute approximate surface area is 218 Å². The number of amidine groups is 1. The maximum atomic E-state index is 12.5. The molecule has 5 aliphatic rings. The van der Waals surface area contributed by atoms with Gasteiger partial charge in [-0.15, -0.1) is 12.4 Å². The second kappa shape index (κ2) is 11.3. The van der Waals surface area contributed by atoms with Crippen LogP contribution in [0, 0.1) is 34.0 Å². The lowest BCUT2D eigenvalue weighted by Crippen LogP contribution is -2.48. The minimum absolute atomic E-state index is 0. The van der Waals surface area contributed by atoms with E-state index in [9.17, 15) is 4.79 Å². The quantitative estimate of drug-likeness (QED) is 0.170. The zero-order valence-electron chi connectivity index (χ0n) is 21.4. The van der Waals surface area contributed by atoms with E-state index in [1.54, 1.807) is 0 Å². The van der Waals surface area contributed by atoms with Gasteiger partial charge in [-0.05, 0) is 105 Å². The first-order chi connectivity index (χ1) is 16.5. The van der Waals surface area contributed by atoms with E-state index in [1.807, 2.05) is 0 Å². The Balaban J connectivity index is 0.00000289. The van der Waals surface area contributed by atoms with Crippen molar-refractivity contribution in [1.82, 2.24) is 0 Å². The third kappa shape index (κ3) is 6.31. The second-order valence-corrected chi connectivity index (χ2v) is 12.4. The van der Waals surface area contributed by atoms with Crippen LogP contribution in [0.5, 0.6) is 0 Å². The number of nitrogens with two attached hydrogens (primary N) is 1. The van der Waals surface area contributed by atoms with Crippen LogP contribution in [-0.4, -0.2) is 24.8 Å². The number of carbonyl (C=O) groups is 1. The molecule has 4 bridgehead atoms. The number of carbonyl (C=O) groups excluding carboxylic acids is 1. The number of benzene rings is 1. The molecule has 0 heterocycles. The highest BCUT2D eigenvalue weighted by Gasteiger charge is 2.52. The number of rotatable bonds is 14. The number of hydrogen-bond donors (Lipinski definition) is 2. The maximum absolute atomic E-state index is 12.5. The van der Waals surface area contributed by atoms with Gasteiger partial charge in [-0.2, -0.15) is 0 Å². The largest absolute Gasteiger partial charge is 0.387 e. The highest BCUT2D eigenvalue weighted by Crippen LogP contribution is 2.60. The van der Waals surface area contributed by atoms with Crippen molar-refractivity contribution in [3.8, 4) is 0 Å². The average Bonchev–Trinajstić information content (AvgIpc) is 3.61. The number of ether oxygens (including phenoxy) is 1. The Hall–Kier alpha value is -1.39. The fourth-order valence-electron chi connectivity index (χ4n) is 7.82. The molecule has 0 aromatic heterocycles. The lowest BCUT2D eigenvalue weighted by Gasteiger charge is -2.56. The fraction of sp³-hybridized carbons (Fsp3) is 0.733. The molecule has 1 aromatic rings. The average molecular weight is 501 g/mol. The van der Waals surface area contributed by atoms with Crippen molar-refractivity contribution in [2.45, 2.75) is 96.3 Å². The molecule has 4 nitrogen and oxygen atoms in total. The molecule has 0 saturated heterocycles. The van der Waals surface area contributed by atoms with E-state index in [1.165, 1.54) is 76.2 Å². The minimum atomic E-state index is -0.640. The van der Waals surface area contributed by atoms with Crippen molar-refractivity contribution >= 4 is 24.0 Å². The summed E-state index contributed by atoms with van der Waals surface area (Å²) >= 11 is 0. The number of hydrogen-bond acceptors (Lipinski definition) is 3. The van der Waals surface area contributed by atoms with Gasteiger partial charge in [0.25, 0.3) is 0 Å². The fourth-order valence-corrected chi connectivity index (χ4v) is 7.82. The molecule has 0 atom stereocenters. The molecular formula is C30H45ClN2O2. The number of aryl methyl sites for hydroxylation is 1. The highest BCUT2D eigenvalue weighted by atomic mass is 35.5. The van der Waals surface area contributed by atoms with E-state index in [0.29, 0.717) is 11.8 Å². The molecule has 0 amide bonds. The van der Waals surface area contributed by atoms with Crippen LogP contribution >= 0.6 is 12.4 Å². The Kier molecular flexibility index (Phi) is 8.64. The summed E-state index contributed by atoms with van der Waals surface area (Å²) < 4.78 is 6.23. The number of Topliss-reactive ketones (excluding diaryl/α,β-unsaturated/α-hetero) is 1. The third-order valence-electron chi connectivity index (χ3n) is 9.51. The Morgan fingerprint density at radius 2 is 1.43 bits per heavy atom. The van der Waals surface area contributed by atoms with Gasteiger partial charge in [0.2, 0.25) is 0 Å². The van der Waals surface area contributed by atoms with E-state index >= 15 is 0 Å². The van der Waals surface area contributed by atoms with Crippen molar-refractivity contribution in [2.75, 3.05) is 13.2 Å². The zero-order valence-corrected chi connectivity index (χ0v) is 22.2. The van der Waals surface area contributed by atoms with Crippen LogP contribution in [0.25, 0.3) is 0 Å². The summed E-state index contributed by atoms with van der Waals surface area (Å²) in [5.41, 5.74) is 7.94. The van der Waals surface area contributed by atoms with Gasteiger partial charge in [-0.1, -0.05) is 43.5 Å². The van der Waals surface area contributed by atoms with E-state index in [4.69, 9.17) is 15.9 Å². The van der Waals surface area contributed by atoms with E-state index in [0.717, 1.165) is 55.8 Å². The molecule has 5 aliphatic carbocycles. The third-order valence-corrected chi connectivity index (χ3v) is 9.51. The van der Waals surface area contributed by atoms with Gasteiger partial charge < -0.3 is 10.5 Å². The van der Waals surface area contributed by atoms with Gasteiger partial charge in [0.15, 0.2) is 5.78 Å². The first-order valence-electron chi connectivity index (χ1n) is 14.0. The monoisotopic (exact) mass is 500 g/mol. The maximum Gasteiger partial charge on any atom is 0.150 e. The Bertz CT molecular complexity index is 842. The number of ketones is 1. The Morgan fingerprint density at radius 3 is 2.00 bits per heavy atom. The number of halogens is 1. The molecule has 5 fully saturated rings. The molecule has 1 aromatic carbocycles. The second-order valence-electron chi connectivity index (χ2n) is 12.4. The van der Waals surface area contributed by atoms with Gasteiger partial charge in [0.05, 0.1) is 12.0 Å². The first kappa shape index (κ1) is 26.7. The topological polar surface area (TPSA) is 76.2 Å². The lowest BCUT2D eigenvalue weighted by molar-refractivity contribution is -0.121. The van der Waals surface area contributed by atoms with Crippen LogP contribution in [-0.2, 0) is 22.4 Å². The van der Waals surface area contributed by atoms with Crippen LogP contribution in [0.2, 0.25) is 0 Å². The van der Waals surface area contributed by atoms with Crippen molar-refractivity contribution in [2.24, 2.45) is 34.3 Å². The molecule has 0 spiro atoms. The molecule has 35 heavy (non-hydrogen) atoms. The van der Waals surface area contributed by atoms with Crippen LogP contribution < -0.4 is 5.73 Å².